The lowest BCUT2D eigenvalue weighted by molar-refractivity contribution is 0.0692. The summed E-state index contributed by atoms with van der Waals surface area (Å²) < 4.78 is 7.21. The van der Waals surface area contributed by atoms with Crippen molar-refractivity contribution in [3.63, 3.8) is 0 Å². The van der Waals surface area contributed by atoms with Gasteiger partial charge in [0.2, 0.25) is 0 Å². The van der Waals surface area contributed by atoms with Crippen LogP contribution in [0.5, 0.6) is 5.75 Å². The average Bonchev–Trinajstić information content (AvgIpc) is 2.67. The summed E-state index contributed by atoms with van der Waals surface area (Å²) in [7, 11) is 0. The molecule has 0 aliphatic carbocycles. The zero-order valence-electron chi connectivity index (χ0n) is 10.6. The van der Waals surface area contributed by atoms with E-state index in [1.807, 2.05) is 20.8 Å². The summed E-state index contributed by atoms with van der Waals surface area (Å²) in [6, 6.07) is 0. The molecule has 0 amide bonds. The number of rotatable bonds is 4. The number of fused-ring (bicyclic) bond motifs is 1. The Kier molecular flexibility index (Phi) is 3.18. The molecule has 2 heterocycles. The van der Waals surface area contributed by atoms with Gasteiger partial charge in [0, 0.05) is 12.7 Å². The van der Waals surface area contributed by atoms with Crippen LogP contribution in [0.15, 0.2) is 6.20 Å². The van der Waals surface area contributed by atoms with Crippen molar-refractivity contribution < 1.29 is 14.6 Å². The van der Waals surface area contributed by atoms with Gasteiger partial charge >= 0.3 is 5.97 Å². The maximum atomic E-state index is 11.2. The summed E-state index contributed by atoms with van der Waals surface area (Å²) in [5, 5.41) is 14.2. The number of aromatic carboxylic acids is 1. The molecule has 0 radical (unpaired) electrons. The monoisotopic (exact) mass is 249 g/mol. The van der Waals surface area contributed by atoms with Gasteiger partial charge in [-0.15, -0.1) is 0 Å². The second-order valence-corrected chi connectivity index (χ2v) is 3.84. The highest BCUT2D eigenvalue weighted by Gasteiger charge is 2.20. The summed E-state index contributed by atoms with van der Waals surface area (Å²) in [6.45, 7) is 6.67. The summed E-state index contributed by atoms with van der Waals surface area (Å²) >= 11 is 0. The molecule has 1 N–H and O–H groups in total. The Morgan fingerprint density at radius 1 is 1.50 bits per heavy atom. The first kappa shape index (κ1) is 12.3. The molecule has 0 aliphatic rings. The number of carboxylic acids is 1. The second-order valence-electron chi connectivity index (χ2n) is 3.84. The zero-order valence-corrected chi connectivity index (χ0v) is 10.6. The van der Waals surface area contributed by atoms with Crippen LogP contribution in [0.25, 0.3) is 11.0 Å². The molecule has 6 heteroatoms. The van der Waals surface area contributed by atoms with Crippen LogP contribution < -0.4 is 4.74 Å². The fourth-order valence-corrected chi connectivity index (χ4v) is 1.95. The van der Waals surface area contributed by atoms with Crippen LogP contribution >= 0.6 is 0 Å². The van der Waals surface area contributed by atoms with Gasteiger partial charge < -0.3 is 9.84 Å². The van der Waals surface area contributed by atoms with Gasteiger partial charge in [-0.25, -0.2) is 14.5 Å². The maximum absolute atomic E-state index is 11.2. The largest absolute Gasteiger partial charge is 0.492 e. The predicted octanol–water partition coefficient (Wildman–Crippen LogP) is 1.86. The third-order valence-corrected chi connectivity index (χ3v) is 2.71. The van der Waals surface area contributed by atoms with Gasteiger partial charge in [0.05, 0.1) is 17.7 Å². The number of aryl methyl sites for hydroxylation is 2. The van der Waals surface area contributed by atoms with E-state index in [0.717, 1.165) is 5.69 Å². The molecule has 0 aromatic carbocycles. The van der Waals surface area contributed by atoms with Crippen molar-refractivity contribution in [2.45, 2.75) is 27.3 Å². The van der Waals surface area contributed by atoms with Gasteiger partial charge in [-0.2, -0.15) is 5.10 Å². The molecule has 6 nitrogen and oxygen atoms in total. The first-order valence-corrected chi connectivity index (χ1v) is 5.82. The van der Waals surface area contributed by atoms with Gasteiger partial charge in [0.1, 0.15) is 11.3 Å². The number of aromatic nitrogens is 3. The Hall–Kier alpha value is -2.11. The minimum absolute atomic E-state index is 0.0723. The topological polar surface area (TPSA) is 77.2 Å². The van der Waals surface area contributed by atoms with E-state index in [4.69, 9.17) is 9.84 Å². The highest BCUT2D eigenvalue weighted by Crippen LogP contribution is 2.31. The Labute approximate surface area is 104 Å². The first-order valence-electron chi connectivity index (χ1n) is 5.82. The Morgan fingerprint density at radius 2 is 2.22 bits per heavy atom. The third-order valence-electron chi connectivity index (χ3n) is 2.71. The Balaban J connectivity index is 2.80. The van der Waals surface area contributed by atoms with Gasteiger partial charge in [-0.1, -0.05) is 0 Å². The van der Waals surface area contributed by atoms with Crippen molar-refractivity contribution in [1.29, 1.82) is 0 Å². The zero-order chi connectivity index (χ0) is 13.3. The van der Waals surface area contributed by atoms with E-state index in [9.17, 15) is 4.79 Å². The Bertz CT molecular complexity index is 604. The number of carbonyl (C=O) groups is 1. The SMILES string of the molecule is CCOc1c(C(=O)O)cnc2c1c(C)nn2CC. The highest BCUT2D eigenvalue weighted by atomic mass is 16.5. The molecule has 0 bridgehead atoms. The van der Waals surface area contributed by atoms with Crippen LogP contribution in [-0.4, -0.2) is 32.4 Å². The van der Waals surface area contributed by atoms with E-state index < -0.39 is 5.97 Å². The van der Waals surface area contributed by atoms with Crippen LogP contribution in [0.3, 0.4) is 0 Å². The molecule has 18 heavy (non-hydrogen) atoms. The van der Waals surface area contributed by atoms with Crippen LogP contribution in [0, 0.1) is 6.92 Å². The Morgan fingerprint density at radius 3 is 2.78 bits per heavy atom. The fraction of sp³-hybridized carbons (Fsp3) is 0.417. The van der Waals surface area contributed by atoms with Crippen molar-refractivity contribution in [2.75, 3.05) is 6.61 Å². The van der Waals surface area contributed by atoms with Crippen molar-refractivity contribution in [3.8, 4) is 5.75 Å². The predicted molar refractivity (Wildman–Crippen MR) is 66.1 cm³/mol. The van der Waals surface area contributed by atoms with Gasteiger partial charge in [-0.3, -0.25) is 0 Å². The molecular weight excluding hydrogens is 234 g/mol. The van der Waals surface area contributed by atoms with E-state index >= 15 is 0 Å². The van der Waals surface area contributed by atoms with Crippen molar-refractivity contribution in [2.24, 2.45) is 0 Å². The molecule has 96 valence electrons. The van der Waals surface area contributed by atoms with Gasteiger partial charge in [-0.05, 0) is 20.8 Å². The minimum Gasteiger partial charge on any atom is -0.492 e. The number of hydrogen-bond acceptors (Lipinski definition) is 4. The van der Waals surface area contributed by atoms with E-state index in [0.29, 0.717) is 29.9 Å². The average molecular weight is 249 g/mol. The normalized spacial score (nSPS) is 10.8. The smallest absolute Gasteiger partial charge is 0.341 e. The lowest BCUT2D eigenvalue weighted by Crippen LogP contribution is -2.05. The molecule has 0 unspecified atom stereocenters. The lowest BCUT2D eigenvalue weighted by atomic mass is 10.2. The molecular formula is C12H15N3O3. The van der Waals surface area contributed by atoms with Crippen molar-refractivity contribution in [1.82, 2.24) is 14.8 Å². The first-order chi connectivity index (χ1) is 8.60. The van der Waals surface area contributed by atoms with Crippen LogP contribution in [-0.2, 0) is 6.54 Å². The summed E-state index contributed by atoms with van der Waals surface area (Å²) in [6.07, 6.45) is 1.32. The maximum Gasteiger partial charge on any atom is 0.341 e. The number of pyridine rings is 1. The standard InChI is InChI=1S/C12H15N3O3/c1-4-15-11-9(7(3)14-15)10(18-5-2)8(6-13-11)12(16)17/h6H,4-5H2,1-3H3,(H,16,17). The van der Waals surface area contributed by atoms with Crippen molar-refractivity contribution >= 4 is 17.0 Å². The van der Waals surface area contributed by atoms with Crippen molar-refractivity contribution in [3.05, 3.63) is 17.5 Å². The molecule has 0 atom stereocenters. The quantitative estimate of drug-likeness (QED) is 0.894. The van der Waals surface area contributed by atoms with Gasteiger partial charge in [0.25, 0.3) is 0 Å². The van der Waals surface area contributed by atoms with E-state index in [1.54, 1.807) is 4.68 Å². The number of carboxylic acid groups (broad SMARTS) is 1. The molecule has 2 aromatic rings. The highest BCUT2D eigenvalue weighted by molar-refractivity contribution is 5.98. The second kappa shape index (κ2) is 4.64. The molecule has 0 fully saturated rings. The van der Waals surface area contributed by atoms with Crippen LogP contribution in [0.2, 0.25) is 0 Å². The molecule has 2 rings (SSSR count). The van der Waals surface area contributed by atoms with E-state index in [-0.39, 0.29) is 5.56 Å². The molecule has 2 aromatic heterocycles. The molecule has 0 aliphatic heterocycles. The summed E-state index contributed by atoms with van der Waals surface area (Å²) in [5.74, 6) is -0.691. The van der Waals surface area contributed by atoms with Gasteiger partial charge in [0.15, 0.2) is 5.65 Å². The van der Waals surface area contributed by atoms with E-state index in [1.165, 1.54) is 6.20 Å². The molecule has 0 saturated carbocycles. The fourth-order valence-electron chi connectivity index (χ4n) is 1.95. The van der Waals surface area contributed by atoms with E-state index in [2.05, 4.69) is 10.1 Å². The number of nitrogens with zero attached hydrogens (tertiary/aromatic N) is 3. The third kappa shape index (κ3) is 1.79. The number of hydrogen-bond donors (Lipinski definition) is 1. The molecule has 0 saturated heterocycles. The summed E-state index contributed by atoms with van der Waals surface area (Å²) in [4.78, 5) is 15.4. The summed E-state index contributed by atoms with van der Waals surface area (Å²) in [5.41, 5.74) is 1.46. The van der Waals surface area contributed by atoms with Crippen LogP contribution in [0.1, 0.15) is 29.9 Å². The lowest BCUT2D eigenvalue weighted by Gasteiger charge is -2.08. The number of ether oxygens (including phenoxy) is 1. The minimum atomic E-state index is -1.04. The van der Waals surface area contributed by atoms with Crippen LogP contribution in [0.4, 0.5) is 0 Å². The molecule has 0 spiro atoms.